The van der Waals surface area contributed by atoms with Crippen molar-refractivity contribution in [2.24, 2.45) is 0 Å². The molecule has 3 heterocycles. The van der Waals surface area contributed by atoms with E-state index in [1.165, 1.54) is 6.20 Å². The van der Waals surface area contributed by atoms with E-state index in [9.17, 15) is 33.3 Å². The highest BCUT2D eigenvalue weighted by Crippen LogP contribution is 2.43. The maximum atomic E-state index is 13.8. The van der Waals surface area contributed by atoms with E-state index >= 15 is 0 Å². The van der Waals surface area contributed by atoms with Crippen LogP contribution >= 0.6 is 0 Å². The number of aliphatic hydroxyl groups excluding tert-OH is 3. The molecule has 0 radical (unpaired) electrons. The Morgan fingerprint density at radius 3 is 2.42 bits per heavy atom. The van der Waals surface area contributed by atoms with Crippen molar-refractivity contribution in [3.63, 3.8) is 0 Å². The molecule has 4 N–H and O–H groups in total. The summed E-state index contributed by atoms with van der Waals surface area (Å²) in [4.78, 5) is 13.1. The highest BCUT2D eigenvalue weighted by molar-refractivity contribution is 5.79. The van der Waals surface area contributed by atoms with Crippen LogP contribution in [0, 0.1) is 17.5 Å². The van der Waals surface area contributed by atoms with Crippen LogP contribution in [0.1, 0.15) is 18.0 Å². The lowest BCUT2D eigenvalue weighted by molar-refractivity contribution is -0.345. The van der Waals surface area contributed by atoms with Crippen LogP contribution in [0.4, 0.5) is 13.2 Å². The Kier molecular flexibility index (Phi) is 8.57. The number of hydrogen-bond donors (Lipinski definition) is 4. The number of carbonyl (C=O) groups excluding carboxylic acids is 1. The first-order valence-corrected chi connectivity index (χ1v) is 14.1. The summed E-state index contributed by atoms with van der Waals surface area (Å²) >= 11 is 0. The zero-order chi connectivity index (χ0) is 31.7. The summed E-state index contributed by atoms with van der Waals surface area (Å²) in [5.74, 6) is -5.53. The smallest absolute Gasteiger partial charge is 0.224 e. The summed E-state index contributed by atoms with van der Waals surface area (Å²) in [7, 11) is 0. The number of para-hydroxylation sites is 1. The third-order valence-corrected chi connectivity index (χ3v) is 7.90. The molecular weight excluding hydrogens is 597 g/mol. The number of aliphatic hydroxyl groups is 3. The number of amides is 1. The molecule has 14 heteroatoms. The van der Waals surface area contributed by atoms with Crippen molar-refractivity contribution in [1.29, 1.82) is 0 Å². The van der Waals surface area contributed by atoms with E-state index in [2.05, 4.69) is 15.6 Å². The maximum absolute atomic E-state index is 13.8. The molecule has 6 atom stereocenters. The fraction of sp³-hybridized carbons (Fsp3) is 0.323. The summed E-state index contributed by atoms with van der Waals surface area (Å²) < 4.78 is 59.8. The van der Waals surface area contributed by atoms with Crippen LogP contribution in [0.25, 0.3) is 11.3 Å². The quantitative estimate of drug-likeness (QED) is 0.217. The molecule has 1 amide bonds. The Balaban J connectivity index is 1.19. The fourth-order valence-corrected chi connectivity index (χ4v) is 5.67. The van der Waals surface area contributed by atoms with Gasteiger partial charge in [-0.2, -0.15) is 0 Å². The standard InChI is InChI=1S/C31H29F3N4O7/c32-21-13-18(14-22(33)27(21)34)23-15-38(37-36-23)28-29(41)24(16-39)45-31(30(28)42)25(10-11-43-31)35-26(40)12-17-6-8-20(9-7-17)44-19-4-2-1-3-5-19/h1-9,13-15,24-25,28-30,39,41-42H,10-12,16H2,(H,35,40)/t24-,25-,28+,29+,30-,31+/m1/s1. The number of nitrogens with zero attached hydrogens (tertiary/aromatic N) is 3. The predicted molar refractivity (Wildman–Crippen MR) is 150 cm³/mol. The van der Waals surface area contributed by atoms with Gasteiger partial charge in [-0.15, -0.1) is 5.10 Å². The van der Waals surface area contributed by atoms with Crippen LogP contribution in [-0.4, -0.2) is 79.6 Å². The van der Waals surface area contributed by atoms with Gasteiger partial charge >= 0.3 is 0 Å². The Hall–Kier alpha value is -4.34. The Labute approximate surface area is 254 Å². The lowest BCUT2D eigenvalue weighted by Crippen LogP contribution is -2.69. The molecule has 11 nitrogen and oxygen atoms in total. The summed E-state index contributed by atoms with van der Waals surface area (Å²) in [6, 6.07) is 15.5. The van der Waals surface area contributed by atoms with Crippen LogP contribution in [0.2, 0.25) is 0 Å². The molecule has 2 aliphatic heterocycles. The number of nitrogens with one attached hydrogen (secondary N) is 1. The van der Waals surface area contributed by atoms with Crippen molar-refractivity contribution in [2.45, 2.75) is 49.0 Å². The van der Waals surface area contributed by atoms with E-state index < -0.39 is 66.1 Å². The Morgan fingerprint density at radius 1 is 1.04 bits per heavy atom. The molecule has 236 valence electrons. The molecule has 2 aliphatic rings. The van der Waals surface area contributed by atoms with E-state index in [4.69, 9.17) is 14.2 Å². The van der Waals surface area contributed by atoms with Crippen molar-refractivity contribution in [2.75, 3.05) is 13.2 Å². The first-order valence-electron chi connectivity index (χ1n) is 14.1. The van der Waals surface area contributed by atoms with Gasteiger partial charge in [0.25, 0.3) is 0 Å². The second-order valence-corrected chi connectivity index (χ2v) is 10.8. The average molecular weight is 627 g/mol. The van der Waals surface area contributed by atoms with Gasteiger partial charge in [-0.25, -0.2) is 17.9 Å². The molecule has 0 aliphatic carbocycles. The Bertz CT molecular complexity index is 1640. The largest absolute Gasteiger partial charge is 0.457 e. The number of ether oxygens (including phenoxy) is 3. The zero-order valence-corrected chi connectivity index (χ0v) is 23.6. The van der Waals surface area contributed by atoms with Gasteiger partial charge in [0.15, 0.2) is 17.5 Å². The van der Waals surface area contributed by atoms with Crippen LogP contribution < -0.4 is 10.1 Å². The first kappa shape index (κ1) is 30.7. The van der Waals surface area contributed by atoms with Gasteiger partial charge in [0.2, 0.25) is 11.7 Å². The molecule has 2 fully saturated rings. The van der Waals surface area contributed by atoms with Crippen LogP contribution in [0.3, 0.4) is 0 Å². The molecule has 6 rings (SSSR count). The van der Waals surface area contributed by atoms with Crippen molar-refractivity contribution in [3.05, 3.63) is 95.9 Å². The molecule has 2 saturated heterocycles. The van der Waals surface area contributed by atoms with Gasteiger partial charge in [0.1, 0.15) is 41.5 Å². The number of halogens is 3. The van der Waals surface area contributed by atoms with Gasteiger partial charge < -0.3 is 34.8 Å². The number of hydrogen-bond acceptors (Lipinski definition) is 9. The van der Waals surface area contributed by atoms with Crippen LogP contribution in [0.5, 0.6) is 11.5 Å². The second-order valence-electron chi connectivity index (χ2n) is 10.8. The molecule has 1 spiro atoms. The molecular formula is C31H29F3N4O7. The minimum absolute atomic E-state index is 0.0129. The summed E-state index contributed by atoms with van der Waals surface area (Å²) in [6.45, 7) is -0.602. The van der Waals surface area contributed by atoms with Crippen molar-refractivity contribution in [3.8, 4) is 22.8 Å². The topological polar surface area (TPSA) is 148 Å². The lowest BCUT2D eigenvalue weighted by Gasteiger charge is -2.49. The van der Waals surface area contributed by atoms with Crippen LogP contribution in [-0.2, 0) is 20.7 Å². The monoisotopic (exact) mass is 626 g/mol. The molecule has 0 bridgehead atoms. The summed E-state index contributed by atoms with van der Waals surface area (Å²) in [5, 5.41) is 43.2. The zero-order valence-electron chi connectivity index (χ0n) is 23.6. The van der Waals surface area contributed by atoms with Gasteiger partial charge in [-0.05, 0) is 48.4 Å². The minimum Gasteiger partial charge on any atom is -0.457 e. The normalized spacial score (nSPS) is 26.2. The molecule has 1 aromatic heterocycles. The number of carbonyl (C=O) groups is 1. The molecule has 0 saturated carbocycles. The SMILES string of the molecule is O=C(Cc1ccc(Oc2ccccc2)cc1)N[C@@H]1CCO[C@]12O[C@H](CO)[C@H](O)[C@H](n1cc(-c3cc(F)c(F)c(F)c3)nn1)[C@H]2O. The molecule has 0 unspecified atom stereocenters. The van der Waals surface area contributed by atoms with E-state index in [1.807, 2.05) is 30.3 Å². The average Bonchev–Trinajstić information content (AvgIpc) is 3.67. The van der Waals surface area contributed by atoms with Crippen molar-refractivity contribution < 1.29 is 47.5 Å². The van der Waals surface area contributed by atoms with E-state index in [1.54, 1.807) is 24.3 Å². The third-order valence-electron chi connectivity index (χ3n) is 7.90. The predicted octanol–water partition coefficient (Wildman–Crippen LogP) is 2.65. The van der Waals surface area contributed by atoms with E-state index in [0.29, 0.717) is 17.1 Å². The van der Waals surface area contributed by atoms with Crippen molar-refractivity contribution >= 4 is 5.91 Å². The third kappa shape index (κ3) is 6.02. The highest BCUT2D eigenvalue weighted by Gasteiger charge is 2.62. The fourth-order valence-electron chi connectivity index (χ4n) is 5.67. The number of benzene rings is 3. The minimum atomic E-state index is -1.89. The maximum Gasteiger partial charge on any atom is 0.224 e. The van der Waals surface area contributed by atoms with Crippen molar-refractivity contribution in [1.82, 2.24) is 20.3 Å². The number of rotatable bonds is 8. The van der Waals surface area contributed by atoms with Crippen LogP contribution in [0.15, 0.2) is 72.9 Å². The molecule has 4 aromatic rings. The lowest BCUT2D eigenvalue weighted by atomic mass is 9.86. The van der Waals surface area contributed by atoms with Gasteiger partial charge in [0, 0.05) is 5.56 Å². The van der Waals surface area contributed by atoms with E-state index in [0.717, 1.165) is 16.8 Å². The van der Waals surface area contributed by atoms with Gasteiger partial charge in [-0.1, -0.05) is 35.5 Å². The van der Waals surface area contributed by atoms with E-state index in [-0.39, 0.29) is 30.7 Å². The molecule has 45 heavy (non-hydrogen) atoms. The molecule has 3 aromatic carbocycles. The second kappa shape index (κ2) is 12.6. The summed E-state index contributed by atoms with van der Waals surface area (Å²) in [5.41, 5.74) is 0.478. The first-order chi connectivity index (χ1) is 21.7. The van der Waals surface area contributed by atoms with Gasteiger partial charge in [-0.3, -0.25) is 4.79 Å². The highest BCUT2D eigenvalue weighted by atomic mass is 19.2. The number of aromatic nitrogens is 3. The summed E-state index contributed by atoms with van der Waals surface area (Å²) in [6.07, 6.45) is -3.05. The van der Waals surface area contributed by atoms with Gasteiger partial charge in [0.05, 0.1) is 31.9 Å². The Morgan fingerprint density at radius 2 is 1.73 bits per heavy atom.